The van der Waals surface area contributed by atoms with Crippen LogP contribution in [-0.2, 0) is 9.53 Å². The Bertz CT molecular complexity index is 760. The van der Waals surface area contributed by atoms with Crippen molar-refractivity contribution in [3.05, 3.63) is 69.0 Å². The van der Waals surface area contributed by atoms with Gasteiger partial charge in [-0.1, -0.05) is 17.7 Å². The van der Waals surface area contributed by atoms with Gasteiger partial charge < -0.3 is 4.74 Å². The topological polar surface area (TPSA) is 82.3 Å². The van der Waals surface area contributed by atoms with Crippen molar-refractivity contribution in [3.8, 4) is 0 Å². The molecule has 2 rings (SSSR count). The van der Waals surface area contributed by atoms with Crippen molar-refractivity contribution in [1.29, 1.82) is 0 Å². The van der Waals surface area contributed by atoms with Crippen molar-refractivity contribution in [3.63, 3.8) is 0 Å². The highest BCUT2D eigenvalue weighted by atomic mass is 35.5. The molecular weight excluding hydrogens is 320 g/mol. The van der Waals surface area contributed by atoms with E-state index < -0.39 is 10.9 Å². The first-order valence-corrected chi connectivity index (χ1v) is 7.14. The quantitative estimate of drug-likeness (QED) is 0.360. The minimum Gasteiger partial charge on any atom is -0.462 e. The summed E-state index contributed by atoms with van der Waals surface area (Å²) in [7, 11) is 0. The van der Waals surface area contributed by atoms with Gasteiger partial charge in [-0.25, -0.2) is 4.79 Å². The van der Waals surface area contributed by atoms with Gasteiger partial charge in [0.2, 0.25) is 0 Å². The first-order valence-electron chi connectivity index (χ1n) is 6.76. The van der Waals surface area contributed by atoms with Crippen molar-refractivity contribution < 1.29 is 14.5 Å². The van der Waals surface area contributed by atoms with Crippen LogP contribution in [0.4, 0.5) is 5.69 Å². The number of carbonyl (C=O) groups is 1. The molecule has 0 saturated heterocycles. The van der Waals surface area contributed by atoms with Gasteiger partial charge >= 0.3 is 5.97 Å². The maximum Gasteiger partial charge on any atom is 0.339 e. The Labute approximate surface area is 137 Å². The number of nitrogens with zero attached hydrogens (tertiary/aromatic N) is 2. The molecule has 0 aliphatic rings. The van der Waals surface area contributed by atoms with Gasteiger partial charge in [-0.05, 0) is 36.8 Å². The van der Waals surface area contributed by atoms with Gasteiger partial charge in [-0.15, -0.1) is 0 Å². The van der Waals surface area contributed by atoms with Gasteiger partial charge in [0.05, 0.1) is 22.7 Å². The average molecular weight is 333 g/mol. The van der Waals surface area contributed by atoms with E-state index in [1.165, 1.54) is 30.5 Å². The van der Waals surface area contributed by atoms with Crippen LogP contribution in [0, 0.1) is 10.1 Å². The Hall–Kier alpha value is -2.73. The summed E-state index contributed by atoms with van der Waals surface area (Å²) >= 11 is 5.94. The highest BCUT2D eigenvalue weighted by Gasteiger charge is 2.23. The summed E-state index contributed by atoms with van der Waals surface area (Å²) < 4.78 is 5.01. The van der Waals surface area contributed by atoms with Gasteiger partial charge in [-0.3, -0.25) is 15.1 Å². The summed E-state index contributed by atoms with van der Waals surface area (Å²) in [4.78, 5) is 26.9. The minimum absolute atomic E-state index is 0.0500. The smallest absolute Gasteiger partial charge is 0.339 e. The molecule has 0 aliphatic carbocycles. The molecule has 0 saturated carbocycles. The van der Waals surface area contributed by atoms with Crippen LogP contribution in [0.3, 0.4) is 0 Å². The molecule has 0 fully saturated rings. The molecular formula is C16H13ClN2O4. The zero-order valence-electron chi connectivity index (χ0n) is 12.2. The van der Waals surface area contributed by atoms with Crippen molar-refractivity contribution >= 4 is 34.9 Å². The molecule has 7 heteroatoms. The molecule has 1 heterocycles. The van der Waals surface area contributed by atoms with Crippen LogP contribution < -0.4 is 0 Å². The summed E-state index contributed by atoms with van der Waals surface area (Å²) in [5.41, 5.74) is 0.543. The molecule has 6 nitrogen and oxygen atoms in total. The third kappa shape index (κ3) is 4.14. The van der Waals surface area contributed by atoms with E-state index in [0.29, 0.717) is 5.56 Å². The van der Waals surface area contributed by atoms with E-state index in [4.69, 9.17) is 16.3 Å². The number of halogens is 1. The number of nitro benzene ring substituents is 1. The summed E-state index contributed by atoms with van der Waals surface area (Å²) in [5, 5.41) is 11.5. The van der Waals surface area contributed by atoms with E-state index in [1.807, 2.05) is 0 Å². The molecule has 1 aromatic carbocycles. The molecule has 0 bridgehead atoms. The maximum absolute atomic E-state index is 12.3. The summed E-state index contributed by atoms with van der Waals surface area (Å²) in [6.07, 6.45) is 4.61. The molecule has 0 atom stereocenters. The molecule has 1 aromatic heterocycles. The lowest BCUT2D eigenvalue weighted by atomic mass is 10.0. The Morgan fingerprint density at radius 3 is 2.83 bits per heavy atom. The molecule has 0 radical (unpaired) electrons. The van der Waals surface area contributed by atoms with Crippen LogP contribution in [0.15, 0.2) is 42.7 Å². The van der Waals surface area contributed by atoms with E-state index in [-0.39, 0.29) is 28.5 Å². The fourth-order valence-electron chi connectivity index (χ4n) is 1.97. The van der Waals surface area contributed by atoms with E-state index >= 15 is 0 Å². The molecule has 0 amide bonds. The van der Waals surface area contributed by atoms with Crippen molar-refractivity contribution in [2.24, 2.45) is 0 Å². The van der Waals surface area contributed by atoms with E-state index in [2.05, 4.69) is 4.98 Å². The lowest BCUT2D eigenvalue weighted by molar-refractivity contribution is -0.385. The lowest BCUT2D eigenvalue weighted by Gasteiger charge is -2.09. The number of carbonyl (C=O) groups excluding carboxylic acids is 1. The van der Waals surface area contributed by atoms with E-state index in [9.17, 15) is 14.9 Å². The van der Waals surface area contributed by atoms with Crippen LogP contribution in [0.25, 0.3) is 11.6 Å². The van der Waals surface area contributed by atoms with E-state index in [1.54, 1.807) is 25.3 Å². The van der Waals surface area contributed by atoms with Gasteiger partial charge in [-0.2, -0.15) is 0 Å². The standard InChI is InChI=1S/C16H13ClN2O4/c1-2-23-16(20)14(8-11-4-3-7-18-10-11)13-9-12(17)5-6-15(13)19(21)22/h3-10H,2H2,1H3. The van der Waals surface area contributed by atoms with Crippen molar-refractivity contribution in [2.45, 2.75) is 6.92 Å². The molecule has 0 N–H and O–H groups in total. The summed E-state index contributed by atoms with van der Waals surface area (Å²) in [6, 6.07) is 7.45. The molecule has 0 spiro atoms. The monoisotopic (exact) mass is 332 g/mol. The zero-order valence-corrected chi connectivity index (χ0v) is 13.0. The third-order valence-electron chi connectivity index (χ3n) is 2.94. The Balaban J connectivity index is 2.63. The number of nitro groups is 1. The number of benzene rings is 1. The summed E-state index contributed by atoms with van der Waals surface area (Å²) in [6.45, 7) is 1.81. The van der Waals surface area contributed by atoms with Crippen LogP contribution in [0.5, 0.6) is 0 Å². The number of hydrogen-bond acceptors (Lipinski definition) is 5. The second kappa shape index (κ2) is 7.51. The Kier molecular flexibility index (Phi) is 5.43. The molecule has 2 aromatic rings. The first-order chi connectivity index (χ1) is 11.0. The van der Waals surface area contributed by atoms with Crippen LogP contribution in [0.1, 0.15) is 18.1 Å². The average Bonchev–Trinajstić information content (AvgIpc) is 2.53. The number of ether oxygens (including phenoxy) is 1. The van der Waals surface area contributed by atoms with Crippen molar-refractivity contribution in [2.75, 3.05) is 6.61 Å². The normalized spacial score (nSPS) is 11.1. The lowest BCUT2D eigenvalue weighted by Crippen LogP contribution is -2.08. The SMILES string of the molecule is CCOC(=O)C(=Cc1cccnc1)c1cc(Cl)ccc1[N+](=O)[O-]. The fraction of sp³-hybridized carbons (Fsp3) is 0.125. The number of hydrogen-bond donors (Lipinski definition) is 0. The van der Waals surface area contributed by atoms with Crippen molar-refractivity contribution in [1.82, 2.24) is 4.98 Å². The Morgan fingerprint density at radius 2 is 2.22 bits per heavy atom. The number of aromatic nitrogens is 1. The highest BCUT2D eigenvalue weighted by Crippen LogP contribution is 2.31. The number of rotatable bonds is 5. The third-order valence-corrected chi connectivity index (χ3v) is 3.17. The number of pyridine rings is 1. The van der Waals surface area contributed by atoms with Gasteiger partial charge in [0.1, 0.15) is 0 Å². The van der Waals surface area contributed by atoms with Gasteiger partial charge in [0.15, 0.2) is 0 Å². The molecule has 0 aliphatic heterocycles. The predicted octanol–water partition coefficient (Wildman–Crippen LogP) is 3.75. The Morgan fingerprint density at radius 1 is 1.43 bits per heavy atom. The van der Waals surface area contributed by atoms with Crippen LogP contribution in [0.2, 0.25) is 5.02 Å². The second-order valence-electron chi connectivity index (χ2n) is 4.48. The summed E-state index contributed by atoms with van der Waals surface area (Å²) in [5.74, 6) is -0.665. The van der Waals surface area contributed by atoms with Gasteiger partial charge in [0.25, 0.3) is 5.69 Å². The number of esters is 1. The minimum atomic E-state index is -0.665. The maximum atomic E-state index is 12.3. The first kappa shape index (κ1) is 16.6. The zero-order chi connectivity index (χ0) is 16.8. The van der Waals surface area contributed by atoms with Crippen LogP contribution in [-0.4, -0.2) is 22.5 Å². The van der Waals surface area contributed by atoms with E-state index in [0.717, 1.165) is 0 Å². The predicted molar refractivity (Wildman–Crippen MR) is 86.8 cm³/mol. The fourth-order valence-corrected chi connectivity index (χ4v) is 2.14. The largest absolute Gasteiger partial charge is 0.462 e. The molecule has 0 unspecified atom stereocenters. The highest BCUT2D eigenvalue weighted by molar-refractivity contribution is 6.31. The van der Waals surface area contributed by atoms with Crippen LogP contribution >= 0.6 is 11.6 Å². The van der Waals surface area contributed by atoms with Gasteiger partial charge in [0, 0.05) is 23.5 Å². The molecule has 23 heavy (non-hydrogen) atoms. The molecule has 118 valence electrons. The second-order valence-corrected chi connectivity index (χ2v) is 4.92.